The Kier molecular flexibility index (Phi) is 10.6. The van der Waals surface area contributed by atoms with Crippen LogP contribution in [0.4, 0.5) is 5.69 Å². The molecule has 0 aromatic heterocycles. The lowest BCUT2D eigenvalue weighted by molar-refractivity contribution is -0.384. The average molecular weight is 496 g/mol. The lowest BCUT2D eigenvalue weighted by Gasteiger charge is -2.42. The number of rotatable bonds is 12. The van der Waals surface area contributed by atoms with E-state index in [0.717, 1.165) is 6.26 Å². The van der Waals surface area contributed by atoms with Gasteiger partial charge in [0, 0.05) is 31.9 Å². The minimum atomic E-state index is -1.53. The highest BCUT2D eigenvalue weighted by atomic mass is 16.7. The number of aliphatic hydroxyl groups excluding tert-OH is 2. The molecule has 35 heavy (non-hydrogen) atoms. The number of hydrogen-bond acceptors (Lipinski definition) is 11. The van der Waals surface area contributed by atoms with Crippen LogP contribution in [0.25, 0.3) is 0 Å². The average Bonchev–Trinajstić information content (AvgIpc) is 2.81. The van der Waals surface area contributed by atoms with Crippen molar-refractivity contribution in [3.8, 4) is 5.75 Å². The largest absolute Gasteiger partial charge is 0.463 e. The van der Waals surface area contributed by atoms with Gasteiger partial charge in [0.15, 0.2) is 0 Å². The Hall–Kier alpha value is -3.55. The first-order valence-corrected chi connectivity index (χ1v) is 10.8. The van der Waals surface area contributed by atoms with Crippen LogP contribution in [0, 0.1) is 10.1 Å². The van der Waals surface area contributed by atoms with Crippen molar-refractivity contribution in [2.24, 2.45) is 0 Å². The molecule has 0 spiro atoms. The predicted octanol–water partition coefficient (Wildman–Crippen LogP) is 0.715. The first kappa shape index (κ1) is 27.7. The van der Waals surface area contributed by atoms with E-state index in [1.165, 1.54) is 31.2 Å². The number of carbonyl (C=O) groups is 3. The summed E-state index contributed by atoms with van der Waals surface area (Å²) < 4.78 is 21.0. The molecule has 1 amide bonds. The van der Waals surface area contributed by atoms with E-state index in [9.17, 15) is 34.7 Å². The van der Waals surface area contributed by atoms with Crippen LogP contribution < -0.4 is 10.1 Å². The molecular weight excluding hydrogens is 468 g/mol. The Balaban J connectivity index is 1.97. The van der Waals surface area contributed by atoms with Crippen LogP contribution in [0.2, 0.25) is 0 Å². The molecule has 0 radical (unpaired) electrons. The summed E-state index contributed by atoms with van der Waals surface area (Å²) in [7, 11) is 0. The van der Waals surface area contributed by atoms with Crippen molar-refractivity contribution in [3.05, 3.63) is 47.2 Å². The van der Waals surface area contributed by atoms with E-state index >= 15 is 0 Å². The minimum absolute atomic E-state index is 0.00395. The summed E-state index contributed by atoms with van der Waals surface area (Å²) in [4.78, 5) is 45.1. The molecule has 1 aromatic carbocycles. The highest BCUT2D eigenvalue weighted by Gasteiger charge is 2.46. The summed E-state index contributed by atoms with van der Waals surface area (Å²) in [5.74, 6) is -1.45. The molecule has 5 atom stereocenters. The Morgan fingerprint density at radius 3 is 2.34 bits per heavy atom. The van der Waals surface area contributed by atoms with Crippen LogP contribution in [0.1, 0.15) is 32.6 Å². The number of hydrogen-bond donors (Lipinski definition) is 3. The van der Waals surface area contributed by atoms with Crippen molar-refractivity contribution in [1.82, 2.24) is 5.32 Å². The topological polar surface area (TPSA) is 184 Å². The molecule has 0 unspecified atom stereocenters. The van der Waals surface area contributed by atoms with Crippen LogP contribution in [0.15, 0.2) is 37.1 Å². The molecule has 1 heterocycles. The number of nitro groups is 1. The van der Waals surface area contributed by atoms with Gasteiger partial charge in [-0.15, -0.1) is 0 Å². The second-order valence-corrected chi connectivity index (χ2v) is 7.67. The molecule has 13 nitrogen and oxygen atoms in total. The van der Waals surface area contributed by atoms with Gasteiger partial charge in [-0.25, -0.2) is 0 Å². The summed E-state index contributed by atoms with van der Waals surface area (Å²) in [6, 6.07) is 3.84. The number of benzene rings is 1. The maximum atomic E-state index is 12.0. The Bertz CT molecular complexity index is 905. The molecular formula is C22H28N2O11. The second-order valence-electron chi connectivity index (χ2n) is 7.67. The van der Waals surface area contributed by atoms with Gasteiger partial charge >= 0.3 is 11.9 Å². The van der Waals surface area contributed by atoms with Gasteiger partial charge < -0.3 is 34.5 Å². The Labute approximate surface area is 200 Å². The third-order valence-electron chi connectivity index (χ3n) is 5.01. The number of non-ortho nitro benzene ring substituents is 1. The van der Waals surface area contributed by atoms with Crippen molar-refractivity contribution in [2.75, 3.05) is 6.61 Å². The summed E-state index contributed by atoms with van der Waals surface area (Å²) in [5, 5.41) is 34.3. The zero-order valence-corrected chi connectivity index (χ0v) is 19.0. The minimum Gasteiger partial charge on any atom is -0.463 e. The maximum absolute atomic E-state index is 12.0. The van der Waals surface area contributed by atoms with Gasteiger partial charge in [0.25, 0.3) is 5.69 Å². The van der Waals surface area contributed by atoms with Crippen molar-refractivity contribution in [1.29, 1.82) is 0 Å². The van der Waals surface area contributed by atoms with Crippen LogP contribution >= 0.6 is 0 Å². The van der Waals surface area contributed by atoms with E-state index < -0.39 is 60.0 Å². The van der Waals surface area contributed by atoms with Gasteiger partial charge in [-0.3, -0.25) is 24.5 Å². The predicted molar refractivity (Wildman–Crippen MR) is 118 cm³/mol. The summed E-state index contributed by atoms with van der Waals surface area (Å²) in [6.07, 6.45) is -3.66. The zero-order chi connectivity index (χ0) is 26.0. The number of unbranched alkanes of at least 4 members (excludes halogenated alkanes) is 1. The molecule has 1 saturated heterocycles. The highest BCUT2D eigenvalue weighted by Crippen LogP contribution is 2.26. The van der Waals surface area contributed by atoms with Gasteiger partial charge in [-0.1, -0.05) is 6.58 Å². The standard InChI is InChI=1S/C22H28N2O11/c1-3-32-17(26)6-4-5-7-18(27)33-12-16-20(28)21(29)19(23-13(2)25)22(35-16)34-15-10-8-14(9-11-15)24(30)31/h3,8-11,16,19-22,28-29H,1,4-7,12H2,2H3,(H,23,25)/t16-,19-,20-,21-,22-/m1/s1. The molecule has 1 fully saturated rings. The fraction of sp³-hybridized carbons (Fsp3) is 0.500. The number of ether oxygens (including phenoxy) is 4. The van der Waals surface area contributed by atoms with Crippen LogP contribution in [0.5, 0.6) is 5.75 Å². The zero-order valence-electron chi connectivity index (χ0n) is 19.0. The van der Waals surface area contributed by atoms with Crippen LogP contribution in [0.3, 0.4) is 0 Å². The molecule has 1 aliphatic rings. The quantitative estimate of drug-likeness (QED) is 0.122. The van der Waals surface area contributed by atoms with Gasteiger partial charge in [0.2, 0.25) is 12.2 Å². The van der Waals surface area contributed by atoms with Gasteiger partial charge in [0.1, 0.15) is 36.7 Å². The fourth-order valence-electron chi connectivity index (χ4n) is 3.28. The number of aliphatic hydroxyl groups is 2. The molecule has 0 bridgehead atoms. The van der Waals surface area contributed by atoms with Gasteiger partial charge in [-0.05, 0) is 25.0 Å². The summed E-state index contributed by atoms with van der Waals surface area (Å²) in [6.45, 7) is 4.06. The van der Waals surface area contributed by atoms with Crippen LogP contribution in [-0.2, 0) is 28.6 Å². The van der Waals surface area contributed by atoms with E-state index in [-0.39, 0.29) is 24.3 Å². The van der Waals surface area contributed by atoms with E-state index in [0.29, 0.717) is 12.8 Å². The van der Waals surface area contributed by atoms with E-state index in [4.69, 9.17) is 14.2 Å². The number of amides is 1. The number of nitro benzene ring substituents is 1. The Morgan fingerprint density at radius 1 is 1.14 bits per heavy atom. The van der Waals surface area contributed by atoms with Crippen molar-refractivity contribution >= 4 is 23.5 Å². The van der Waals surface area contributed by atoms with Crippen molar-refractivity contribution < 1.29 is 48.5 Å². The van der Waals surface area contributed by atoms with E-state index in [1.54, 1.807) is 0 Å². The first-order chi connectivity index (χ1) is 16.6. The van der Waals surface area contributed by atoms with E-state index in [2.05, 4.69) is 16.6 Å². The lowest BCUT2D eigenvalue weighted by atomic mass is 9.97. The second kappa shape index (κ2) is 13.4. The summed E-state index contributed by atoms with van der Waals surface area (Å²) in [5.41, 5.74) is -0.168. The fourth-order valence-corrected chi connectivity index (χ4v) is 3.28. The van der Waals surface area contributed by atoms with Crippen molar-refractivity contribution in [2.45, 2.75) is 63.3 Å². The molecule has 0 saturated carbocycles. The maximum Gasteiger partial charge on any atom is 0.310 e. The van der Waals surface area contributed by atoms with Gasteiger partial charge in [0.05, 0.1) is 11.2 Å². The van der Waals surface area contributed by atoms with Crippen molar-refractivity contribution in [3.63, 3.8) is 0 Å². The number of esters is 2. The third-order valence-corrected chi connectivity index (χ3v) is 5.01. The molecule has 0 aliphatic carbocycles. The number of nitrogens with one attached hydrogen (secondary N) is 1. The lowest BCUT2D eigenvalue weighted by Crippen LogP contribution is -2.65. The van der Waals surface area contributed by atoms with E-state index in [1.807, 2.05) is 0 Å². The molecule has 2 rings (SSSR count). The molecule has 13 heteroatoms. The summed E-state index contributed by atoms with van der Waals surface area (Å²) >= 11 is 0. The first-order valence-electron chi connectivity index (χ1n) is 10.8. The molecule has 192 valence electrons. The highest BCUT2D eigenvalue weighted by molar-refractivity contribution is 5.73. The molecule has 3 N–H and O–H groups in total. The smallest absolute Gasteiger partial charge is 0.310 e. The number of nitrogens with zero attached hydrogens (tertiary/aromatic N) is 1. The van der Waals surface area contributed by atoms with Crippen LogP contribution in [-0.4, -0.2) is 70.2 Å². The monoisotopic (exact) mass is 496 g/mol. The third kappa shape index (κ3) is 8.63. The number of carbonyl (C=O) groups excluding carboxylic acids is 3. The van der Waals surface area contributed by atoms with Gasteiger partial charge in [-0.2, -0.15) is 0 Å². The molecule has 1 aliphatic heterocycles. The normalized spacial score (nSPS) is 23.6. The Morgan fingerprint density at radius 2 is 1.77 bits per heavy atom. The molecule has 1 aromatic rings. The SMILES string of the molecule is C=COC(=O)CCCCC(=O)OC[C@H]1O[C@@H](Oc2ccc([N+](=O)[O-])cc2)[C@H](NC(C)=O)[C@@H](O)[C@@H]1O.